The normalized spacial score (nSPS) is 11.0. The van der Waals surface area contributed by atoms with Crippen LogP contribution in [0.2, 0.25) is 0 Å². The highest BCUT2D eigenvalue weighted by Crippen LogP contribution is 2.19. The van der Waals surface area contributed by atoms with Crippen molar-refractivity contribution < 1.29 is 9.72 Å². The lowest BCUT2D eigenvalue weighted by molar-refractivity contribution is -0.385. The van der Waals surface area contributed by atoms with E-state index in [2.05, 4.69) is 50.3 Å². The van der Waals surface area contributed by atoms with Gasteiger partial charge in [-0.25, -0.2) is 5.43 Å². The van der Waals surface area contributed by atoms with E-state index in [0.29, 0.717) is 0 Å². The molecule has 2 aromatic carbocycles. The summed E-state index contributed by atoms with van der Waals surface area (Å²) in [6.45, 7) is 6.29. The first-order chi connectivity index (χ1) is 15.4. The summed E-state index contributed by atoms with van der Waals surface area (Å²) in [6, 6.07) is 15.2. The summed E-state index contributed by atoms with van der Waals surface area (Å²) >= 11 is 3.39. The number of carbonyl (C=O) groups excluding carboxylic acids is 1. The Labute approximate surface area is 194 Å². The van der Waals surface area contributed by atoms with E-state index in [4.69, 9.17) is 0 Å². The van der Waals surface area contributed by atoms with Crippen molar-refractivity contribution in [2.24, 2.45) is 5.10 Å². The van der Waals surface area contributed by atoms with Crippen LogP contribution in [-0.4, -0.2) is 39.9 Å². The molecule has 0 atom stereocenters. The summed E-state index contributed by atoms with van der Waals surface area (Å²) in [5.41, 5.74) is 4.42. The number of amides is 1. The highest BCUT2D eigenvalue weighted by Gasteiger charge is 2.25. The Hall–Kier alpha value is -3.53. The van der Waals surface area contributed by atoms with Crippen molar-refractivity contribution in [2.45, 2.75) is 20.4 Å². The average Bonchev–Trinajstić information content (AvgIpc) is 3.20. The number of anilines is 1. The van der Waals surface area contributed by atoms with E-state index >= 15 is 0 Å². The minimum atomic E-state index is -0.749. The lowest BCUT2D eigenvalue weighted by atomic mass is 10.2. The standard InChI is InChI=1S/C22H23BrN6O3/c1-3-27(4-2)19-10-8-16(9-11-19)13-24-25-22(30)21-20(29(31)32)15-28(26-21)14-17-6-5-7-18(23)12-17/h5-13,15H,3-4,14H2,1-2H3,(H,25,30)/b24-13-. The number of rotatable bonds is 9. The number of halogens is 1. The van der Waals surface area contributed by atoms with Gasteiger partial charge < -0.3 is 4.90 Å². The van der Waals surface area contributed by atoms with E-state index in [1.807, 2.05) is 48.5 Å². The minimum absolute atomic E-state index is 0.287. The third-order valence-electron chi connectivity index (χ3n) is 4.79. The van der Waals surface area contributed by atoms with Crippen LogP contribution in [-0.2, 0) is 6.54 Å². The zero-order valence-electron chi connectivity index (χ0n) is 17.7. The monoisotopic (exact) mass is 498 g/mol. The van der Waals surface area contributed by atoms with Gasteiger partial charge in [-0.15, -0.1) is 0 Å². The lowest BCUT2D eigenvalue weighted by Crippen LogP contribution is -2.21. The van der Waals surface area contributed by atoms with Gasteiger partial charge >= 0.3 is 5.69 Å². The molecule has 0 aliphatic rings. The van der Waals surface area contributed by atoms with Gasteiger partial charge in [0.25, 0.3) is 5.91 Å². The van der Waals surface area contributed by atoms with E-state index in [1.54, 1.807) is 0 Å². The molecule has 0 bridgehead atoms. The van der Waals surface area contributed by atoms with Crippen molar-refractivity contribution in [1.29, 1.82) is 0 Å². The predicted molar refractivity (Wildman–Crippen MR) is 127 cm³/mol. The van der Waals surface area contributed by atoms with E-state index < -0.39 is 10.8 Å². The van der Waals surface area contributed by atoms with Gasteiger partial charge in [-0.05, 0) is 49.2 Å². The fourth-order valence-electron chi connectivity index (χ4n) is 3.19. The first-order valence-corrected chi connectivity index (χ1v) is 10.8. The molecule has 1 N–H and O–H groups in total. The molecule has 1 aromatic heterocycles. The zero-order valence-corrected chi connectivity index (χ0v) is 19.3. The van der Waals surface area contributed by atoms with Gasteiger partial charge in [-0.1, -0.05) is 40.2 Å². The fraction of sp³-hybridized carbons (Fsp3) is 0.227. The molecule has 0 saturated carbocycles. The molecular formula is C22H23BrN6O3. The summed E-state index contributed by atoms with van der Waals surface area (Å²) in [7, 11) is 0. The SMILES string of the molecule is CCN(CC)c1ccc(/C=N\NC(=O)c2nn(Cc3cccc(Br)c3)cc2[N+](=O)[O-])cc1. The molecule has 10 heteroatoms. The van der Waals surface area contributed by atoms with Crippen LogP contribution in [0.1, 0.15) is 35.5 Å². The van der Waals surface area contributed by atoms with Gasteiger partial charge in [0.2, 0.25) is 5.69 Å². The summed E-state index contributed by atoms with van der Waals surface area (Å²) in [5, 5.41) is 19.4. The van der Waals surface area contributed by atoms with E-state index in [-0.39, 0.29) is 17.9 Å². The van der Waals surface area contributed by atoms with Crippen molar-refractivity contribution >= 4 is 39.4 Å². The van der Waals surface area contributed by atoms with Crippen molar-refractivity contribution in [1.82, 2.24) is 15.2 Å². The van der Waals surface area contributed by atoms with E-state index in [1.165, 1.54) is 17.1 Å². The molecule has 0 spiro atoms. The Morgan fingerprint density at radius 1 is 1.25 bits per heavy atom. The maximum atomic E-state index is 12.5. The van der Waals surface area contributed by atoms with Gasteiger partial charge in [0.15, 0.2) is 0 Å². The Bertz CT molecular complexity index is 1120. The Morgan fingerprint density at radius 2 is 1.97 bits per heavy atom. The maximum Gasteiger partial charge on any atom is 0.320 e. The number of benzene rings is 2. The number of hydrogen-bond donors (Lipinski definition) is 1. The second-order valence-corrected chi connectivity index (χ2v) is 7.83. The first kappa shape index (κ1) is 23.1. The predicted octanol–water partition coefficient (Wildman–Crippen LogP) is 4.21. The van der Waals surface area contributed by atoms with E-state index in [0.717, 1.165) is 34.4 Å². The topological polar surface area (TPSA) is 106 Å². The molecule has 0 aliphatic heterocycles. The summed E-state index contributed by atoms with van der Waals surface area (Å²) in [6.07, 6.45) is 2.72. The molecule has 1 heterocycles. The molecule has 1 amide bonds. The number of carbonyl (C=O) groups is 1. The Morgan fingerprint density at radius 3 is 2.59 bits per heavy atom. The molecule has 0 radical (unpaired) electrons. The van der Waals surface area contributed by atoms with Crippen LogP contribution < -0.4 is 10.3 Å². The van der Waals surface area contributed by atoms with Crippen LogP contribution in [0.15, 0.2) is 64.3 Å². The van der Waals surface area contributed by atoms with Gasteiger partial charge in [0.1, 0.15) is 6.20 Å². The van der Waals surface area contributed by atoms with Crippen LogP contribution in [0.3, 0.4) is 0 Å². The Balaban J connectivity index is 1.70. The zero-order chi connectivity index (χ0) is 23.1. The third kappa shape index (κ3) is 5.79. The minimum Gasteiger partial charge on any atom is -0.372 e. The fourth-order valence-corrected chi connectivity index (χ4v) is 3.63. The molecule has 3 rings (SSSR count). The molecule has 0 saturated heterocycles. The van der Waals surface area contributed by atoms with Gasteiger partial charge in [0.05, 0.1) is 17.7 Å². The second-order valence-electron chi connectivity index (χ2n) is 6.91. The molecular weight excluding hydrogens is 476 g/mol. The third-order valence-corrected chi connectivity index (χ3v) is 5.28. The summed E-state index contributed by atoms with van der Waals surface area (Å²) in [5.74, 6) is -0.749. The molecule has 0 unspecified atom stereocenters. The number of hydrogen-bond acceptors (Lipinski definition) is 6. The number of nitrogens with one attached hydrogen (secondary N) is 1. The van der Waals surface area contributed by atoms with Crippen molar-refractivity contribution in [2.75, 3.05) is 18.0 Å². The number of nitrogens with zero attached hydrogens (tertiary/aromatic N) is 5. The molecule has 0 fully saturated rings. The van der Waals surface area contributed by atoms with Gasteiger partial charge in [0, 0.05) is 23.2 Å². The molecule has 166 valence electrons. The number of nitro groups is 1. The molecule has 3 aromatic rings. The number of hydrazone groups is 1. The van der Waals surface area contributed by atoms with Crippen LogP contribution >= 0.6 is 15.9 Å². The maximum absolute atomic E-state index is 12.5. The Kier molecular flexibility index (Phi) is 7.72. The van der Waals surface area contributed by atoms with Gasteiger partial charge in [-0.3, -0.25) is 19.6 Å². The summed E-state index contributed by atoms with van der Waals surface area (Å²) < 4.78 is 2.25. The van der Waals surface area contributed by atoms with Crippen LogP contribution in [0.4, 0.5) is 11.4 Å². The highest BCUT2D eigenvalue weighted by atomic mass is 79.9. The quantitative estimate of drug-likeness (QED) is 0.270. The largest absolute Gasteiger partial charge is 0.372 e. The second kappa shape index (κ2) is 10.7. The van der Waals surface area contributed by atoms with Crippen molar-refractivity contribution in [3.8, 4) is 0 Å². The van der Waals surface area contributed by atoms with E-state index in [9.17, 15) is 14.9 Å². The summed E-state index contributed by atoms with van der Waals surface area (Å²) in [4.78, 5) is 25.5. The smallest absolute Gasteiger partial charge is 0.320 e. The van der Waals surface area contributed by atoms with Crippen LogP contribution in [0, 0.1) is 10.1 Å². The van der Waals surface area contributed by atoms with Crippen molar-refractivity contribution in [3.05, 3.63) is 86.1 Å². The average molecular weight is 499 g/mol. The first-order valence-electron chi connectivity index (χ1n) is 10.1. The lowest BCUT2D eigenvalue weighted by Gasteiger charge is -2.20. The molecule has 0 aliphatic carbocycles. The van der Waals surface area contributed by atoms with Crippen LogP contribution in [0.5, 0.6) is 0 Å². The highest BCUT2D eigenvalue weighted by molar-refractivity contribution is 9.10. The van der Waals surface area contributed by atoms with Crippen LogP contribution in [0.25, 0.3) is 0 Å². The molecule has 9 nitrogen and oxygen atoms in total. The molecule has 32 heavy (non-hydrogen) atoms. The van der Waals surface area contributed by atoms with Gasteiger partial charge in [-0.2, -0.15) is 10.2 Å². The van der Waals surface area contributed by atoms with Crippen molar-refractivity contribution in [3.63, 3.8) is 0 Å². The number of aromatic nitrogens is 2.